The maximum absolute atomic E-state index is 13.2. The molecule has 5 nitrogen and oxygen atoms in total. The number of nitrogens with zero attached hydrogens (tertiary/aromatic N) is 1. The van der Waals surface area contributed by atoms with Gasteiger partial charge < -0.3 is 4.74 Å². The summed E-state index contributed by atoms with van der Waals surface area (Å²) in [6.07, 6.45) is -4.50. The Hall–Kier alpha value is -2.10. The second kappa shape index (κ2) is 8.33. The van der Waals surface area contributed by atoms with Crippen LogP contribution in [0.5, 0.6) is 5.75 Å². The smallest absolute Gasteiger partial charge is 0.417 e. The third-order valence-corrected chi connectivity index (χ3v) is 6.80. The van der Waals surface area contributed by atoms with Crippen molar-refractivity contribution >= 4 is 27.6 Å². The minimum absolute atomic E-state index is 0.0795. The van der Waals surface area contributed by atoms with Crippen LogP contribution in [0.15, 0.2) is 53.4 Å². The molecule has 0 saturated carbocycles. The molecule has 2 aromatic rings. The predicted octanol–water partition coefficient (Wildman–Crippen LogP) is 4.37. The summed E-state index contributed by atoms with van der Waals surface area (Å²) in [5.41, 5.74) is -1.21. The first-order valence-corrected chi connectivity index (χ1v) is 10.5. The molecule has 156 valence electrons. The first-order chi connectivity index (χ1) is 13.6. The van der Waals surface area contributed by atoms with Crippen LogP contribution in [0.4, 0.5) is 13.2 Å². The van der Waals surface area contributed by atoms with Crippen molar-refractivity contribution < 1.29 is 31.1 Å². The van der Waals surface area contributed by atoms with E-state index in [-0.39, 0.29) is 31.7 Å². The standard InChI is InChI=1S/C19H17ClF3NO4S/c20-14-4-3-5-15(12-14)28-18(25)13-8-10-24(11-9-13)29(26,27)17-7-2-1-6-16(17)19(21,22)23/h1-7,12-13H,8-11H2. The lowest BCUT2D eigenvalue weighted by Gasteiger charge is -2.30. The van der Waals surface area contributed by atoms with E-state index < -0.39 is 38.5 Å². The predicted molar refractivity (Wildman–Crippen MR) is 100 cm³/mol. The molecule has 0 aromatic heterocycles. The SMILES string of the molecule is O=C(Oc1cccc(Cl)c1)C1CCN(S(=O)(=O)c2ccccc2C(F)(F)F)CC1. The van der Waals surface area contributed by atoms with E-state index in [4.69, 9.17) is 16.3 Å². The second-order valence-electron chi connectivity index (χ2n) is 6.55. The van der Waals surface area contributed by atoms with E-state index in [0.29, 0.717) is 5.02 Å². The molecule has 1 fully saturated rings. The number of alkyl halides is 3. The number of ether oxygens (including phenoxy) is 1. The lowest BCUT2D eigenvalue weighted by atomic mass is 9.98. The van der Waals surface area contributed by atoms with Gasteiger partial charge in [-0.15, -0.1) is 0 Å². The van der Waals surface area contributed by atoms with Crippen LogP contribution in [-0.4, -0.2) is 31.8 Å². The average Bonchev–Trinajstić information content (AvgIpc) is 2.67. The van der Waals surface area contributed by atoms with Crippen LogP contribution in [0.1, 0.15) is 18.4 Å². The number of carbonyl (C=O) groups is 1. The van der Waals surface area contributed by atoms with Gasteiger partial charge in [0.2, 0.25) is 10.0 Å². The van der Waals surface area contributed by atoms with Gasteiger partial charge in [0.15, 0.2) is 0 Å². The highest BCUT2D eigenvalue weighted by Gasteiger charge is 2.40. The summed E-state index contributed by atoms with van der Waals surface area (Å²) < 4.78 is 71.3. The van der Waals surface area contributed by atoms with E-state index in [2.05, 4.69) is 0 Å². The quantitative estimate of drug-likeness (QED) is 0.516. The van der Waals surface area contributed by atoms with E-state index in [1.807, 2.05) is 0 Å². The molecule has 0 unspecified atom stereocenters. The Kier molecular flexibility index (Phi) is 6.21. The lowest BCUT2D eigenvalue weighted by molar-refractivity contribution is -0.140. The Labute approximate surface area is 171 Å². The lowest BCUT2D eigenvalue weighted by Crippen LogP contribution is -2.41. The van der Waals surface area contributed by atoms with Gasteiger partial charge in [-0.3, -0.25) is 4.79 Å². The van der Waals surface area contributed by atoms with Gasteiger partial charge >= 0.3 is 12.1 Å². The van der Waals surface area contributed by atoms with Crippen molar-refractivity contribution in [3.8, 4) is 5.75 Å². The maximum Gasteiger partial charge on any atom is 0.417 e. The van der Waals surface area contributed by atoms with Crippen molar-refractivity contribution in [3.05, 3.63) is 59.1 Å². The van der Waals surface area contributed by atoms with Crippen molar-refractivity contribution in [1.82, 2.24) is 4.31 Å². The molecule has 2 aromatic carbocycles. The van der Waals surface area contributed by atoms with Gasteiger partial charge in [-0.25, -0.2) is 8.42 Å². The summed E-state index contributed by atoms with van der Waals surface area (Å²) >= 11 is 5.84. The summed E-state index contributed by atoms with van der Waals surface area (Å²) in [5.74, 6) is -0.810. The number of esters is 1. The normalized spacial score (nSPS) is 16.6. The fourth-order valence-electron chi connectivity index (χ4n) is 3.13. The number of carbonyl (C=O) groups excluding carboxylic acids is 1. The monoisotopic (exact) mass is 447 g/mol. The summed E-state index contributed by atoms with van der Waals surface area (Å²) in [6, 6.07) is 10.4. The first-order valence-electron chi connectivity index (χ1n) is 8.72. The summed E-state index contributed by atoms with van der Waals surface area (Å²) in [7, 11) is -4.35. The van der Waals surface area contributed by atoms with Gasteiger partial charge in [0.05, 0.1) is 16.4 Å². The molecular weight excluding hydrogens is 431 g/mol. The number of halogens is 4. The molecule has 1 heterocycles. The molecule has 0 amide bonds. The Bertz CT molecular complexity index is 1000. The summed E-state index contributed by atoms with van der Waals surface area (Å²) in [5, 5.41) is 0.402. The molecule has 1 saturated heterocycles. The number of sulfonamides is 1. The highest BCUT2D eigenvalue weighted by atomic mass is 35.5. The molecule has 0 atom stereocenters. The van der Waals surface area contributed by atoms with E-state index in [1.165, 1.54) is 12.1 Å². The molecule has 1 aliphatic heterocycles. The summed E-state index contributed by atoms with van der Waals surface area (Å²) in [4.78, 5) is 11.5. The Morgan fingerprint density at radius 3 is 2.34 bits per heavy atom. The van der Waals surface area contributed by atoms with Crippen LogP contribution >= 0.6 is 11.6 Å². The third-order valence-electron chi connectivity index (χ3n) is 4.61. The summed E-state index contributed by atoms with van der Waals surface area (Å²) in [6.45, 7) is -0.159. The molecule has 29 heavy (non-hydrogen) atoms. The number of rotatable bonds is 4. The number of hydrogen-bond acceptors (Lipinski definition) is 4. The van der Waals surface area contributed by atoms with Crippen LogP contribution in [0.2, 0.25) is 5.02 Å². The Balaban J connectivity index is 1.70. The average molecular weight is 448 g/mol. The van der Waals surface area contributed by atoms with Gasteiger partial charge in [0.1, 0.15) is 5.75 Å². The number of hydrogen-bond donors (Lipinski definition) is 0. The van der Waals surface area contributed by atoms with Crippen LogP contribution in [-0.2, 0) is 21.0 Å². The highest BCUT2D eigenvalue weighted by molar-refractivity contribution is 7.89. The number of benzene rings is 2. The fraction of sp³-hybridized carbons (Fsp3) is 0.316. The Morgan fingerprint density at radius 2 is 1.72 bits per heavy atom. The van der Waals surface area contributed by atoms with Crippen molar-refractivity contribution in [2.75, 3.05) is 13.1 Å². The topological polar surface area (TPSA) is 63.7 Å². The highest BCUT2D eigenvalue weighted by Crippen LogP contribution is 2.36. The fourth-order valence-corrected chi connectivity index (χ4v) is 4.99. The minimum Gasteiger partial charge on any atom is -0.426 e. The van der Waals surface area contributed by atoms with Crippen molar-refractivity contribution in [2.24, 2.45) is 5.92 Å². The largest absolute Gasteiger partial charge is 0.426 e. The first kappa shape index (κ1) is 21.6. The zero-order chi connectivity index (χ0) is 21.2. The van der Waals surface area contributed by atoms with Gasteiger partial charge in [-0.2, -0.15) is 17.5 Å². The molecule has 0 N–H and O–H groups in total. The van der Waals surface area contributed by atoms with Crippen molar-refractivity contribution in [3.63, 3.8) is 0 Å². The van der Waals surface area contributed by atoms with Crippen LogP contribution < -0.4 is 4.74 Å². The zero-order valence-electron chi connectivity index (χ0n) is 15.0. The Morgan fingerprint density at radius 1 is 1.07 bits per heavy atom. The van der Waals surface area contributed by atoms with E-state index in [0.717, 1.165) is 22.5 Å². The van der Waals surface area contributed by atoms with Crippen LogP contribution in [0.3, 0.4) is 0 Å². The van der Waals surface area contributed by atoms with E-state index in [9.17, 15) is 26.4 Å². The molecule has 3 rings (SSSR count). The third kappa shape index (κ3) is 4.91. The molecule has 1 aliphatic rings. The van der Waals surface area contributed by atoms with Gasteiger partial charge in [-0.05, 0) is 43.2 Å². The van der Waals surface area contributed by atoms with E-state index >= 15 is 0 Å². The van der Waals surface area contributed by atoms with Crippen molar-refractivity contribution in [1.29, 1.82) is 0 Å². The van der Waals surface area contributed by atoms with E-state index in [1.54, 1.807) is 18.2 Å². The molecular formula is C19H17ClF3NO4S. The zero-order valence-corrected chi connectivity index (χ0v) is 16.6. The molecule has 0 bridgehead atoms. The van der Waals surface area contributed by atoms with Gasteiger partial charge in [0, 0.05) is 18.1 Å². The van der Waals surface area contributed by atoms with Crippen LogP contribution in [0, 0.1) is 5.92 Å². The molecule has 0 radical (unpaired) electrons. The second-order valence-corrected chi connectivity index (χ2v) is 8.89. The number of piperidine rings is 1. The van der Waals surface area contributed by atoms with Crippen LogP contribution in [0.25, 0.3) is 0 Å². The maximum atomic E-state index is 13.2. The minimum atomic E-state index is -4.79. The molecule has 10 heteroatoms. The molecule has 0 spiro atoms. The molecule has 0 aliphatic carbocycles. The van der Waals surface area contributed by atoms with Gasteiger partial charge in [0.25, 0.3) is 0 Å². The van der Waals surface area contributed by atoms with Crippen molar-refractivity contribution in [2.45, 2.75) is 23.9 Å². The van der Waals surface area contributed by atoms with Gasteiger partial charge in [-0.1, -0.05) is 29.8 Å².